The van der Waals surface area contributed by atoms with Crippen molar-refractivity contribution in [1.82, 2.24) is 21.3 Å². The predicted octanol–water partition coefficient (Wildman–Crippen LogP) is 4.23. The third-order valence-corrected chi connectivity index (χ3v) is 8.73. The van der Waals surface area contributed by atoms with E-state index in [-0.39, 0.29) is 25.8 Å². The summed E-state index contributed by atoms with van der Waals surface area (Å²) in [5.74, 6) is -2.18. The second-order valence-electron chi connectivity index (χ2n) is 12.6. The van der Waals surface area contributed by atoms with Crippen molar-refractivity contribution < 1.29 is 33.4 Å². The SMILES string of the molecule is Cc1ccc(OCCC2CCCNC2)cc1CNC(=O)C(CCc1ccccc1)NC(=O)C(CC(=O)O)NC(=O)CCc1cccc(F)c1. The number of carboxylic acid groups (broad SMARTS) is 1. The van der Waals surface area contributed by atoms with Gasteiger partial charge in [0.2, 0.25) is 17.7 Å². The fourth-order valence-corrected chi connectivity index (χ4v) is 5.84. The Morgan fingerprint density at radius 2 is 1.73 bits per heavy atom. The standard InChI is InChI=1S/C38H47FN4O6/c1-26-12-15-32(49-20-18-29-10-6-19-40-24-29)22-30(26)25-41-37(47)33(16-13-27-7-3-2-4-8-27)43-38(48)34(23-36(45)46)42-35(44)17-14-28-9-5-11-31(39)21-28/h2-5,7-9,11-12,15,21-22,29,33-34,40H,6,10,13-14,16-20,23-25H2,1H3,(H,41,47)(H,42,44)(H,43,48)(H,45,46). The minimum Gasteiger partial charge on any atom is -0.494 e. The van der Waals surface area contributed by atoms with Crippen LogP contribution in [0.25, 0.3) is 0 Å². The van der Waals surface area contributed by atoms with Crippen LogP contribution in [0.15, 0.2) is 72.8 Å². The molecule has 0 aliphatic carbocycles. The van der Waals surface area contributed by atoms with Crippen molar-refractivity contribution in [2.45, 2.75) is 76.9 Å². The van der Waals surface area contributed by atoms with E-state index in [9.17, 15) is 28.7 Å². The lowest BCUT2D eigenvalue weighted by Gasteiger charge is -2.23. The molecule has 1 heterocycles. The molecule has 4 rings (SSSR count). The van der Waals surface area contributed by atoms with E-state index >= 15 is 0 Å². The highest BCUT2D eigenvalue weighted by molar-refractivity contribution is 5.94. The molecule has 1 fully saturated rings. The van der Waals surface area contributed by atoms with Gasteiger partial charge in [-0.15, -0.1) is 0 Å². The molecular weight excluding hydrogens is 627 g/mol. The normalized spacial score (nSPS) is 15.4. The smallest absolute Gasteiger partial charge is 0.305 e. The zero-order valence-corrected chi connectivity index (χ0v) is 28.0. The molecular formula is C38H47FN4O6. The summed E-state index contributed by atoms with van der Waals surface area (Å²) in [5, 5.41) is 21.0. The Bertz CT molecular complexity index is 1550. The number of hydrogen-bond acceptors (Lipinski definition) is 6. The summed E-state index contributed by atoms with van der Waals surface area (Å²) in [7, 11) is 0. The van der Waals surface area contributed by atoms with Crippen molar-refractivity contribution in [2.75, 3.05) is 19.7 Å². The van der Waals surface area contributed by atoms with Crippen LogP contribution in [-0.4, -0.2) is 60.6 Å². The average molecular weight is 675 g/mol. The van der Waals surface area contributed by atoms with Crippen molar-refractivity contribution >= 4 is 23.7 Å². The number of amides is 3. The Kier molecular flexibility index (Phi) is 14.6. The third kappa shape index (κ3) is 13.0. The second-order valence-corrected chi connectivity index (χ2v) is 12.6. The summed E-state index contributed by atoms with van der Waals surface area (Å²) in [6.07, 6.45) is 3.51. The summed E-state index contributed by atoms with van der Waals surface area (Å²) < 4.78 is 19.6. The van der Waals surface area contributed by atoms with Crippen LogP contribution in [0.5, 0.6) is 5.75 Å². The van der Waals surface area contributed by atoms with Gasteiger partial charge in [0.25, 0.3) is 0 Å². The van der Waals surface area contributed by atoms with E-state index in [0.29, 0.717) is 24.5 Å². The zero-order chi connectivity index (χ0) is 35.0. The number of aliphatic carboxylic acids is 1. The molecule has 3 atom stereocenters. The first-order valence-electron chi connectivity index (χ1n) is 17.0. The molecule has 3 aromatic rings. The highest BCUT2D eigenvalue weighted by atomic mass is 19.1. The van der Waals surface area contributed by atoms with E-state index in [4.69, 9.17) is 4.74 Å². The lowest BCUT2D eigenvalue weighted by Crippen LogP contribution is -2.54. The maximum atomic E-state index is 13.6. The van der Waals surface area contributed by atoms with Gasteiger partial charge in [-0.2, -0.15) is 0 Å². The Morgan fingerprint density at radius 1 is 0.939 bits per heavy atom. The van der Waals surface area contributed by atoms with E-state index in [1.807, 2.05) is 55.5 Å². The van der Waals surface area contributed by atoms with Crippen molar-refractivity contribution in [3.8, 4) is 5.75 Å². The van der Waals surface area contributed by atoms with Gasteiger partial charge in [-0.05, 0) is 111 Å². The third-order valence-electron chi connectivity index (χ3n) is 8.73. The number of carbonyl (C=O) groups excluding carboxylic acids is 3. The van der Waals surface area contributed by atoms with Crippen LogP contribution in [0, 0.1) is 18.7 Å². The quantitative estimate of drug-likeness (QED) is 0.136. The molecule has 0 aromatic heterocycles. The summed E-state index contributed by atoms with van der Waals surface area (Å²) in [4.78, 5) is 51.3. The number of carbonyl (C=O) groups is 4. The van der Waals surface area contributed by atoms with Crippen molar-refractivity contribution in [3.63, 3.8) is 0 Å². The van der Waals surface area contributed by atoms with Crippen LogP contribution >= 0.6 is 0 Å². The predicted molar refractivity (Wildman–Crippen MR) is 184 cm³/mol. The zero-order valence-electron chi connectivity index (χ0n) is 28.0. The van der Waals surface area contributed by atoms with Crippen LogP contribution in [-0.2, 0) is 38.6 Å². The first kappa shape index (κ1) is 37.1. The molecule has 0 saturated carbocycles. The molecule has 3 unspecified atom stereocenters. The van der Waals surface area contributed by atoms with E-state index < -0.39 is 48.0 Å². The minimum absolute atomic E-state index is 0.0787. The summed E-state index contributed by atoms with van der Waals surface area (Å²) >= 11 is 0. The van der Waals surface area contributed by atoms with Crippen LogP contribution in [0.3, 0.4) is 0 Å². The lowest BCUT2D eigenvalue weighted by atomic mass is 9.97. The van der Waals surface area contributed by atoms with E-state index in [0.717, 1.165) is 42.0 Å². The van der Waals surface area contributed by atoms with E-state index in [1.165, 1.54) is 31.0 Å². The van der Waals surface area contributed by atoms with Gasteiger partial charge in [0, 0.05) is 13.0 Å². The van der Waals surface area contributed by atoms with Gasteiger partial charge in [-0.1, -0.05) is 48.5 Å². The fourth-order valence-electron chi connectivity index (χ4n) is 5.84. The molecule has 3 amide bonds. The van der Waals surface area contributed by atoms with Crippen molar-refractivity contribution in [3.05, 3.63) is 101 Å². The number of aryl methyl sites for hydroxylation is 3. The molecule has 0 spiro atoms. The number of carboxylic acids is 1. The van der Waals surface area contributed by atoms with Crippen molar-refractivity contribution in [1.29, 1.82) is 0 Å². The van der Waals surface area contributed by atoms with Crippen LogP contribution in [0.4, 0.5) is 4.39 Å². The monoisotopic (exact) mass is 674 g/mol. The van der Waals surface area contributed by atoms with Crippen LogP contribution in [0.1, 0.15) is 60.8 Å². The van der Waals surface area contributed by atoms with Gasteiger partial charge in [0.1, 0.15) is 23.7 Å². The first-order chi connectivity index (χ1) is 23.7. The fraction of sp³-hybridized carbons (Fsp3) is 0.421. The molecule has 3 aromatic carbocycles. The van der Waals surface area contributed by atoms with E-state index in [1.54, 1.807) is 6.07 Å². The summed E-state index contributed by atoms with van der Waals surface area (Å²) in [6, 6.07) is 18.7. The molecule has 0 radical (unpaired) electrons. The van der Waals surface area contributed by atoms with Gasteiger partial charge in [0.05, 0.1) is 13.0 Å². The number of hydrogen-bond donors (Lipinski definition) is 5. The Hall–Kier alpha value is -4.77. The molecule has 1 saturated heterocycles. The molecule has 5 N–H and O–H groups in total. The average Bonchev–Trinajstić information content (AvgIpc) is 3.09. The topological polar surface area (TPSA) is 146 Å². The number of piperidine rings is 1. The summed E-state index contributed by atoms with van der Waals surface area (Å²) in [6.45, 7) is 4.83. The molecule has 262 valence electrons. The number of benzene rings is 3. The lowest BCUT2D eigenvalue weighted by molar-refractivity contribution is -0.141. The van der Waals surface area contributed by atoms with E-state index in [2.05, 4.69) is 21.3 Å². The van der Waals surface area contributed by atoms with Crippen LogP contribution in [0.2, 0.25) is 0 Å². The molecule has 1 aliphatic heterocycles. The molecule has 1 aliphatic rings. The van der Waals surface area contributed by atoms with Gasteiger partial charge < -0.3 is 31.1 Å². The second kappa shape index (κ2) is 19.3. The Morgan fingerprint density at radius 3 is 2.47 bits per heavy atom. The maximum absolute atomic E-state index is 13.6. The maximum Gasteiger partial charge on any atom is 0.305 e. The largest absolute Gasteiger partial charge is 0.494 e. The first-order valence-corrected chi connectivity index (χ1v) is 17.0. The van der Waals surface area contributed by atoms with Crippen molar-refractivity contribution in [2.24, 2.45) is 5.92 Å². The van der Waals surface area contributed by atoms with Gasteiger partial charge >= 0.3 is 5.97 Å². The van der Waals surface area contributed by atoms with Gasteiger partial charge in [-0.25, -0.2) is 4.39 Å². The number of rotatable bonds is 18. The van der Waals surface area contributed by atoms with Gasteiger partial charge in [0.15, 0.2) is 0 Å². The van der Waals surface area contributed by atoms with Crippen LogP contribution < -0.4 is 26.0 Å². The Balaban J connectivity index is 1.38. The number of halogens is 1. The minimum atomic E-state index is -1.41. The molecule has 10 nitrogen and oxygen atoms in total. The number of nitrogens with one attached hydrogen (secondary N) is 4. The molecule has 49 heavy (non-hydrogen) atoms. The highest BCUT2D eigenvalue weighted by Gasteiger charge is 2.28. The molecule has 0 bridgehead atoms. The number of ether oxygens (including phenoxy) is 1. The van der Waals surface area contributed by atoms with Gasteiger partial charge in [-0.3, -0.25) is 19.2 Å². The summed E-state index contributed by atoms with van der Waals surface area (Å²) in [5.41, 5.74) is 3.40. The molecule has 11 heteroatoms. The Labute approximate surface area is 287 Å². The highest BCUT2D eigenvalue weighted by Crippen LogP contribution is 2.20.